The van der Waals surface area contributed by atoms with Crippen molar-refractivity contribution >= 4 is 17.7 Å². The van der Waals surface area contributed by atoms with Crippen molar-refractivity contribution in [1.29, 1.82) is 15.9 Å². The van der Waals surface area contributed by atoms with Crippen molar-refractivity contribution in [1.82, 2.24) is 20.2 Å². The summed E-state index contributed by atoms with van der Waals surface area (Å²) in [5, 5.41) is 26.7. The average Bonchev–Trinajstić information content (AvgIpc) is 2.75. The number of nitriles is 2. The van der Waals surface area contributed by atoms with Crippen LogP contribution in [0.15, 0.2) is 6.33 Å². The molecule has 0 aromatic carbocycles. The Bertz CT molecular complexity index is 481. The number of guanidine groups is 1. The summed E-state index contributed by atoms with van der Waals surface area (Å²) in [5.41, 5.74) is 2.03. The summed E-state index contributed by atoms with van der Waals surface area (Å²) < 4.78 is 0. The van der Waals surface area contributed by atoms with Crippen LogP contribution in [0.2, 0.25) is 0 Å². The molecule has 0 unspecified atom stereocenters. The maximum Gasteiger partial charge on any atom is 0.217 e. The number of thioether (sulfide) groups is 1. The van der Waals surface area contributed by atoms with Crippen LogP contribution in [0.5, 0.6) is 0 Å². The first-order valence-corrected chi connectivity index (χ1v) is 6.32. The molecule has 8 heteroatoms. The first-order valence-electron chi connectivity index (χ1n) is 5.16. The van der Waals surface area contributed by atoms with Gasteiger partial charge < -0.3 is 4.98 Å². The summed E-state index contributed by atoms with van der Waals surface area (Å²) in [6.07, 6.45) is 5.12. The molecular weight excluding hydrogens is 250 g/mol. The fraction of sp³-hybridized carbons (Fsp3) is 0.400. The summed E-state index contributed by atoms with van der Waals surface area (Å²) in [4.78, 5) is 8.29. The quantitative estimate of drug-likeness (QED) is 0.237. The summed E-state index contributed by atoms with van der Waals surface area (Å²) >= 11 is 1.62. The molecule has 0 amide bonds. The zero-order chi connectivity index (χ0) is 13.4. The van der Waals surface area contributed by atoms with Gasteiger partial charge in [-0.1, -0.05) is 0 Å². The van der Waals surface area contributed by atoms with Gasteiger partial charge in [-0.2, -0.15) is 22.3 Å². The molecule has 0 radical (unpaired) electrons. The van der Waals surface area contributed by atoms with Crippen LogP contribution in [0, 0.1) is 35.2 Å². The molecule has 1 rings (SSSR count). The van der Waals surface area contributed by atoms with Crippen LogP contribution in [-0.2, 0) is 5.75 Å². The maximum atomic E-state index is 8.81. The Morgan fingerprint density at radius 1 is 1.67 bits per heavy atom. The van der Waals surface area contributed by atoms with Crippen molar-refractivity contribution in [3.63, 3.8) is 0 Å². The van der Waals surface area contributed by atoms with Gasteiger partial charge in [-0.25, -0.2) is 9.88 Å². The van der Waals surface area contributed by atoms with Gasteiger partial charge in [0.2, 0.25) is 5.96 Å². The molecule has 0 aliphatic heterocycles. The monoisotopic (exact) mass is 263 g/mol. The standard InChI is InChI=1S/C10H13N7S/c1-8-9(16-7-15-8)4-18-3-2-17(6-12)10(13)14-5-11/h7H,2-4H2,1H3,(H2,13,14)(H,15,16). The van der Waals surface area contributed by atoms with Gasteiger partial charge in [-0.3, -0.25) is 10.7 Å². The number of rotatable bonds is 5. The van der Waals surface area contributed by atoms with Crippen LogP contribution < -0.4 is 5.32 Å². The summed E-state index contributed by atoms with van der Waals surface area (Å²) in [7, 11) is 0. The number of H-pyrrole nitrogens is 1. The van der Waals surface area contributed by atoms with Crippen LogP contribution in [-0.4, -0.2) is 33.1 Å². The van der Waals surface area contributed by atoms with Crippen LogP contribution >= 0.6 is 11.8 Å². The van der Waals surface area contributed by atoms with Crippen molar-refractivity contribution < 1.29 is 0 Å². The average molecular weight is 263 g/mol. The fourth-order valence-corrected chi connectivity index (χ4v) is 2.13. The summed E-state index contributed by atoms with van der Waals surface area (Å²) in [6.45, 7) is 2.34. The Kier molecular flexibility index (Phi) is 5.55. The molecule has 0 atom stereocenters. The van der Waals surface area contributed by atoms with Gasteiger partial charge in [0.1, 0.15) is 0 Å². The first-order chi connectivity index (χ1) is 8.69. The lowest BCUT2D eigenvalue weighted by atomic mass is 10.4. The van der Waals surface area contributed by atoms with Crippen molar-refractivity contribution in [2.45, 2.75) is 12.7 Å². The minimum absolute atomic E-state index is 0.198. The first kappa shape index (κ1) is 13.9. The Morgan fingerprint density at radius 3 is 3.00 bits per heavy atom. The second-order valence-electron chi connectivity index (χ2n) is 3.36. The van der Waals surface area contributed by atoms with E-state index in [1.165, 1.54) is 0 Å². The van der Waals surface area contributed by atoms with E-state index in [2.05, 4.69) is 15.3 Å². The molecule has 1 heterocycles. The van der Waals surface area contributed by atoms with Crippen molar-refractivity contribution in [3.05, 3.63) is 17.7 Å². The number of nitrogens with one attached hydrogen (secondary N) is 3. The second-order valence-corrected chi connectivity index (χ2v) is 4.47. The lowest BCUT2D eigenvalue weighted by Crippen LogP contribution is -2.36. The van der Waals surface area contributed by atoms with E-state index >= 15 is 0 Å². The zero-order valence-corrected chi connectivity index (χ0v) is 10.7. The van der Waals surface area contributed by atoms with Gasteiger partial charge in [0.25, 0.3) is 0 Å². The predicted octanol–water partition coefficient (Wildman–Crippen LogP) is 0.740. The third-order valence-electron chi connectivity index (χ3n) is 2.20. The van der Waals surface area contributed by atoms with E-state index in [1.54, 1.807) is 24.3 Å². The minimum Gasteiger partial charge on any atom is -0.348 e. The summed E-state index contributed by atoms with van der Waals surface area (Å²) in [6, 6.07) is 0. The van der Waals surface area contributed by atoms with Crippen molar-refractivity contribution in [2.75, 3.05) is 12.3 Å². The maximum absolute atomic E-state index is 8.81. The van der Waals surface area contributed by atoms with Crippen molar-refractivity contribution in [3.8, 4) is 12.4 Å². The molecule has 0 fully saturated rings. The Balaban J connectivity index is 2.29. The van der Waals surface area contributed by atoms with E-state index < -0.39 is 0 Å². The smallest absolute Gasteiger partial charge is 0.217 e. The minimum atomic E-state index is -0.198. The van der Waals surface area contributed by atoms with Gasteiger partial charge in [0.15, 0.2) is 12.4 Å². The number of aryl methyl sites for hydroxylation is 1. The lowest BCUT2D eigenvalue weighted by molar-refractivity contribution is 0.592. The fourth-order valence-electron chi connectivity index (χ4n) is 1.19. The molecular formula is C10H13N7S. The Morgan fingerprint density at radius 2 is 2.44 bits per heavy atom. The highest BCUT2D eigenvalue weighted by atomic mass is 32.2. The van der Waals surface area contributed by atoms with E-state index in [9.17, 15) is 0 Å². The normalized spacial score (nSPS) is 9.28. The van der Waals surface area contributed by atoms with Gasteiger partial charge in [-0.15, -0.1) is 0 Å². The zero-order valence-electron chi connectivity index (χ0n) is 9.90. The summed E-state index contributed by atoms with van der Waals surface area (Å²) in [5.74, 6) is 1.24. The third kappa shape index (κ3) is 4.00. The van der Waals surface area contributed by atoms with Crippen LogP contribution in [0.1, 0.15) is 11.4 Å². The molecule has 0 saturated carbocycles. The van der Waals surface area contributed by atoms with Gasteiger partial charge in [0, 0.05) is 23.7 Å². The number of hydrogen-bond acceptors (Lipinski definition) is 5. The molecule has 1 aromatic heterocycles. The van der Waals surface area contributed by atoms with E-state index in [0.717, 1.165) is 22.0 Å². The number of aromatic amines is 1. The van der Waals surface area contributed by atoms with Crippen LogP contribution in [0.25, 0.3) is 0 Å². The van der Waals surface area contributed by atoms with E-state index in [4.69, 9.17) is 15.9 Å². The number of hydrogen-bond donors (Lipinski definition) is 3. The Hall–Kier alpha value is -2.19. The molecule has 3 N–H and O–H groups in total. The number of imidazole rings is 1. The lowest BCUT2D eigenvalue weighted by Gasteiger charge is -2.13. The highest BCUT2D eigenvalue weighted by Crippen LogP contribution is 2.12. The highest BCUT2D eigenvalue weighted by Gasteiger charge is 2.08. The SMILES string of the molecule is Cc1[nH]cnc1CSCCN(C#N)C(=N)NC#N. The van der Waals surface area contributed by atoms with E-state index in [1.807, 2.05) is 13.1 Å². The molecule has 1 aromatic rings. The molecule has 7 nitrogen and oxygen atoms in total. The molecule has 0 saturated heterocycles. The molecule has 0 bridgehead atoms. The molecule has 0 spiro atoms. The third-order valence-corrected chi connectivity index (χ3v) is 3.15. The molecule has 0 aliphatic rings. The topological polar surface area (TPSA) is 115 Å². The number of aromatic nitrogens is 2. The predicted molar refractivity (Wildman–Crippen MR) is 68.3 cm³/mol. The van der Waals surface area contributed by atoms with Crippen LogP contribution in [0.3, 0.4) is 0 Å². The largest absolute Gasteiger partial charge is 0.348 e. The van der Waals surface area contributed by atoms with Crippen LogP contribution in [0.4, 0.5) is 0 Å². The number of nitrogens with zero attached hydrogens (tertiary/aromatic N) is 4. The van der Waals surface area contributed by atoms with Gasteiger partial charge in [-0.05, 0) is 6.92 Å². The molecule has 94 valence electrons. The molecule has 0 aliphatic carbocycles. The van der Waals surface area contributed by atoms with Gasteiger partial charge >= 0.3 is 0 Å². The van der Waals surface area contributed by atoms with E-state index in [0.29, 0.717) is 12.3 Å². The van der Waals surface area contributed by atoms with E-state index in [-0.39, 0.29) is 5.96 Å². The van der Waals surface area contributed by atoms with Crippen molar-refractivity contribution in [2.24, 2.45) is 0 Å². The highest BCUT2D eigenvalue weighted by molar-refractivity contribution is 7.98. The Labute approximate surface area is 109 Å². The molecule has 18 heavy (non-hydrogen) atoms. The van der Waals surface area contributed by atoms with Gasteiger partial charge in [0.05, 0.1) is 12.0 Å². The second kappa shape index (κ2) is 7.20.